The van der Waals surface area contributed by atoms with Crippen LogP contribution in [0, 0.1) is 5.82 Å². The van der Waals surface area contributed by atoms with Crippen molar-refractivity contribution in [2.45, 2.75) is 13.3 Å². The van der Waals surface area contributed by atoms with Gasteiger partial charge in [0.05, 0.1) is 12.8 Å². The second-order valence-corrected chi connectivity index (χ2v) is 2.53. The fourth-order valence-corrected chi connectivity index (χ4v) is 0.870. The van der Waals surface area contributed by atoms with Crippen LogP contribution < -0.4 is 15.2 Å². The van der Waals surface area contributed by atoms with E-state index in [1.54, 1.807) is 0 Å². The van der Waals surface area contributed by atoms with E-state index >= 15 is 0 Å². The first-order valence-corrected chi connectivity index (χ1v) is 3.85. The maximum absolute atomic E-state index is 13.0. The number of hydrogen-bond donors (Lipinski definition) is 1. The van der Waals surface area contributed by atoms with Crippen LogP contribution in [0.3, 0.4) is 0 Å². The average molecular weight is 204 g/mol. The number of alkyl halides is 1. The van der Waals surface area contributed by atoms with Crippen molar-refractivity contribution in [3.8, 4) is 11.8 Å². The summed E-state index contributed by atoms with van der Waals surface area (Å²) in [6, 6.07) is 0.962. The molecule has 4 nitrogen and oxygen atoms in total. The Bertz CT molecular complexity index is 331. The van der Waals surface area contributed by atoms with Crippen molar-refractivity contribution < 1.29 is 18.3 Å². The SMILES string of the molecule is COc1nc(OC(C)F)c(F)cc1N. The lowest BCUT2D eigenvalue weighted by Crippen LogP contribution is -2.08. The molecule has 1 rings (SSSR count). The summed E-state index contributed by atoms with van der Waals surface area (Å²) >= 11 is 0. The molecule has 0 amide bonds. The molecule has 0 aromatic carbocycles. The molecule has 0 spiro atoms. The maximum atomic E-state index is 13.0. The molecular weight excluding hydrogens is 194 g/mol. The van der Waals surface area contributed by atoms with Crippen LogP contribution in [0.15, 0.2) is 6.07 Å². The van der Waals surface area contributed by atoms with Gasteiger partial charge in [0.2, 0.25) is 12.2 Å². The van der Waals surface area contributed by atoms with E-state index in [9.17, 15) is 8.78 Å². The third-order valence-electron chi connectivity index (χ3n) is 1.40. The number of nitrogens with zero attached hydrogens (tertiary/aromatic N) is 1. The molecule has 0 radical (unpaired) electrons. The number of aromatic nitrogens is 1. The maximum Gasteiger partial charge on any atom is 0.256 e. The number of halogens is 2. The lowest BCUT2D eigenvalue weighted by Gasteiger charge is -2.09. The van der Waals surface area contributed by atoms with Crippen molar-refractivity contribution in [3.63, 3.8) is 0 Å². The summed E-state index contributed by atoms with van der Waals surface area (Å²) < 4.78 is 34.6. The number of nitrogens with two attached hydrogens (primary N) is 1. The van der Waals surface area contributed by atoms with Crippen LogP contribution in [0.4, 0.5) is 14.5 Å². The molecule has 0 fully saturated rings. The number of ether oxygens (including phenoxy) is 2. The van der Waals surface area contributed by atoms with Gasteiger partial charge in [0.1, 0.15) is 0 Å². The second-order valence-electron chi connectivity index (χ2n) is 2.53. The van der Waals surface area contributed by atoms with Crippen LogP contribution in [0.5, 0.6) is 11.8 Å². The van der Waals surface area contributed by atoms with E-state index in [1.165, 1.54) is 7.11 Å². The molecule has 6 heteroatoms. The molecule has 14 heavy (non-hydrogen) atoms. The highest BCUT2D eigenvalue weighted by Gasteiger charge is 2.13. The van der Waals surface area contributed by atoms with Gasteiger partial charge in [0, 0.05) is 13.0 Å². The van der Waals surface area contributed by atoms with Crippen molar-refractivity contribution in [2.24, 2.45) is 0 Å². The van der Waals surface area contributed by atoms with Gasteiger partial charge in [-0.15, -0.1) is 0 Å². The molecule has 1 atom stereocenters. The predicted molar refractivity (Wildman–Crippen MR) is 46.4 cm³/mol. The standard InChI is InChI=1S/C8H10F2N2O2/c1-4(9)14-7-5(10)3-6(11)8(12-7)13-2/h3-4H,11H2,1-2H3. The van der Waals surface area contributed by atoms with Crippen LogP contribution in [0.25, 0.3) is 0 Å². The first-order chi connectivity index (χ1) is 6.54. The van der Waals surface area contributed by atoms with Gasteiger partial charge in [-0.2, -0.15) is 4.98 Å². The van der Waals surface area contributed by atoms with E-state index in [2.05, 4.69) is 9.72 Å². The molecule has 1 heterocycles. The number of pyridine rings is 1. The van der Waals surface area contributed by atoms with E-state index in [4.69, 9.17) is 10.5 Å². The first-order valence-electron chi connectivity index (χ1n) is 3.85. The molecule has 0 saturated carbocycles. The molecule has 0 aliphatic heterocycles. The Kier molecular flexibility index (Phi) is 3.06. The van der Waals surface area contributed by atoms with Gasteiger partial charge in [-0.1, -0.05) is 0 Å². The quantitative estimate of drug-likeness (QED) is 0.810. The smallest absolute Gasteiger partial charge is 0.256 e. The number of hydrogen-bond acceptors (Lipinski definition) is 4. The van der Waals surface area contributed by atoms with Crippen LogP contribution in [0.2, 0.25) is 0 Å². The van der Waals surface area contributed by atoms with Crippen LogP contribution in [-0.4, -0.2) is 18.5 Å². The zero-order chi connectivity index (χ0) is 10.7. The molecule has 1 unspecified atom stereocenters. The summed E-state index contributed by atoms with van der Waals surface area (Å²) in [7, 11) is 1.32. The summed E-state index contributed by atoms with van der Waals surface area (Å²) in [5, 5.41) is 0. The van der Waals surface area contributed by atoms with Gasteiger partial charge in [-0.05, 0) is 0 Å². The van der Waals surface area contributed by atoms with Gasteiger partial charge < -0.3 is 15.2 Å². The third-order valence-corrected chi connectivity index (χ3v) is 1.40. The highest BCUT2D eigenvalue weighted by molar-refractivity contribution is 5.49. The molecule has 0 aliphatic rings. The van der Waals surface area contributed by atoms with Gasteiger partial charge in [0.15, 0.2) is 5.82 Å². The molecule has 0 bridgehead atoms. The molecule has 1 aromatic rings. The third kappa shape index (κ3) is 2.21. The van der Waals surface area contributed by atoms with E-state index < -0.39 is 18.1 Å². The van der Waals surface area contributed by atoms with Crippen molar-refractivity contribution in [1.29, 1.82) is 0 Å². The Morgan fingerprint density at radius 2 is 2.14 bits per heavy atom. The highest BCUT2D eigenvalue weighted by atomic mass is 19.1. The fraction of sp³-hybridized carbons (Fsp3) is 0.375. The second kappa shape index (κ2) is 4.08. The Morgan fingerprint density at radius 3 is 2.64 bits per heavy atom. The van der Waals surface area contributed by atoms with Crippen molar-refractivity contribution in [1.82, 2.24) is 4.98 Å². The summed E-state index contributed by atoms with van der Waals surface area (Å²) in [6.07, 6.45) is -1.65. The Labute approximate surface area is 79.6 Å². The van der Waals surface area contributed by atoms with Crippen molar-refractivity contribution in [2.75, 3.05) is 12.8 Å². The van der Waals surface area contributed by atoms with Gasteiger partial charge >= 0.3 is 0 Å². The summed E-state index contributed by atoms with van der Waals surface area (Å²) in [4.78, 5) is 3.55. The minimum absolute atomic E-state index is 0.00190. The van der Waals surface area contributed by atoms with E-state index in [0.717, 1.165) is 13.0 Å². The normalized spacial score (nSPS) is 12.3. The van der Waals surface area contributed by atoms with Gasteiger partial charge in [-0.3, -0.25) is 0 Å². The van der Waals surface area contributed by atoms with E-state index in [-0.39, 0.29) is 11.6 Å². The van der Waals surface area contributed by atoms with Gasteiger partial charge in [0.25, 0.3) is 5.88 Å². The first kappa shape index (κ1) is 10.5. The monoisotopic (exact) mass is 204 g/mol. The number of nitrogen functional groups attached to an aromatic ring is 1. The lowest BCUT2D eigenvalue weighted by molar-refractivity contribution is 0.0753. The number of anilines is 1. The van der Waals surface area contributed by atoms with Crippen LogP contribution in [-0.2, 0) is 0 Å². The summed E-state index contributed by atoms with van der Waals surface area (Å²) in [5.74, 6) is -1.29. The summed E-state index contributed by atoms with van der Waals surface area (Å²) in [6.45, 7) is 1.12. The molecular formula is C8H10F2N2O2. The zero-order valence-corrected chi connectivity index (χ0v) is 7.75. The molecule has 78 valence electrons. The molecule has 0 saturated heterocycles. The van der Waals surface area contributed by atoms with Crippen LogP contribution >= 0.6 is 0 Å². The molecule has 2 N–H and O–H groups in total. The fourth-order valence-electron chi connectivity index (χ4n) is 0.870. The summed E-state index contributed by atoms with van der Waals surface area (Å²) in [5.41, 5.74) is 5.39. The largest absolute Gasteiger partial charge is 0.479 e. The Morgan fingerprint density at radius 1 is 1.50 bits per heavy atom. The Balaban J connectivity index is 3.04. The number of methoxy groups -OCH3 is 1. The van der Waals surface area contributed by atoms with Gasteiger partial charge in [-0.25, -0.2) is 8.78 Å². The zero-order valence-electron chi connectivity index (χ0n) is 7.75. The van der Waals surface area contributed by atoms with Crippen molar-refractivity contribution >= 4 is 5.69 Å². The molecule has 0 aliphatic carbocycles. The van der Waals surface area contributed by atoms with Crippen LogP contribution in [0.1, 0.15) is 6.92 Å². The van der Waals surface area contributed by atoms with E-state index in [1.807, 2.05) is 0 Å². The minimum Gasteiger partial charge on any atom is -0.479 e. The topological polar surface area (TPSA) is 57.4 Å². The average Bonchev–Trinajstić information content (AvgIpc) is 2.09. The highest BCUT2D eigenvalue weighted by Crippen LogP contribution is 2.25. The lowest BCUT2D eigenvalue weighted by atomic mass is 10.4. The number of rotatable bonds is 3. The van der Waals surface area contributed by atoms with E-state index in [0.29, 0.717) is 0 Å². The Hall–Kier alpha value is -1.59. The molecule has 1 aromatic heterocycles. The van der Waals surface area contributed by atoms with Crippen molar-refractivity contribution in [3.05, 3.63) is 11.9 Å². The minimum atomic E-state index is -1.65. The predicted octanol–water partition coefficient (Wildman–Crippen LogP) is 1.51.